The van der Waals surface area contributed by atoms with E-state index in [1.807, 2.05) is 23.6 Å². The van der Waals surface area contributed by atoms with Gasteiger partial charge in [0.05, 0.1) is 4.88 Å². The summed E-state index contributed by atoms with van der Waals surface area (Å²) in [5.41, 5.74) is 0.854. The number of hydrogen-bond donors (Lipinski definition) is 1. The Morgan fingerprint density at radius 2 is 2.17 bits per heavy atom. The summed E-state index contributed by atoms with van der Waals surface area (Å²) in [5, 5.41) is 8.65. The maximum atomic E-state index is 13.1. The molecule has 0 aliphatic rings. The van der Waals surface area contributed by atoms with Gasteiger partial charge in [0.25, 0.3) is 0 Å². The second-order valence-corrected chi connectivity index (χ2v) is 6.17. The van der Waals surface area contributed by atoms with Gasteiger partial charge in [-0.05, 0) is 35.6 Å². The zero-order valence-corrected chi connectivity index (χ0v) is 13.7. The molecule has 0 atom stereocenters. The van der Waals surface area contributed by atoms with Crippen molar-refractivity contribution in [3.05, 3.63) is 59.0 Å². The minimum atomic E-state index is -0.267. The quantitative estimate of drug-likeness (QED) is 0.714. The molecule has 0 aliphatic carbocycles. The number of nitrogens with zero attached hydrogens (tertiary/aromatic N) is 2. The van der Waals surface area contributed by atoms with E-state index in [-0.39, 0.29) is 18.1 Å². The maximum absolute atomic E-state index is 13.1. The molecule has 0 radical (unpaired) electrons. The monoisotopic (exact) mass is 345 g/mol. The molecule has 2 heterocycles. The Morgan fingerprint density at radius 3 is 2.96 bits per heavy atom. The number of thiophene rings is 1. The number of nitrogens with one attached hydrogen (secondary N) is 1. The maximum Gasteiger partial charge on any atom is 0.227 e. The zero-order chi connectivity index (χ0) is 16.8. The number of halogens is 1. The lowest BCUT2D eigenvalue weighted by Crippen LogP contribution is -2.25. The number of aromatic nitrogens is 2. The van der Waals surface area contributed by atoms with Crippen LogP contribution in [0.2, 0.25) is 0 Å². The van der Waals surface area contributed by atoms with Crippen molar-refractivity contribution in [3.8, 4) is 10.7 Å². The largest absolute Gasteiger partial charge is 0.356 e. The first-order valence-electron chi connectivity index (χ1n) is 7.58. The molecule has 0 bridgehead atoms. The van der Waals surface area contributed by atoms with Crippen LogP contribution in [0.5, 0.6) is 0 Å². The number of benzene rings is 1. The molecule has 0 unspecified atom stereocenters. The summed E-state index contributed by atoms with van der Waals surface area (Å²) in [5.74, 6) is 0.629. The molecule has 124 valence electrons. The van der Waals surface area contributed by atoms with Gasteiger partial charge < -0.3 is 9.84 Å². The molecule has 7 heteroatoms. The fourth-order valence-corrected chi connectivity index (χ4v) is 2.86. The van der Waals surface area contributed by atoms with E-state index < -0.39 is 0 Å². The van der Waals surface area contributed by atoms with Gasteiger partial charge in [-0.1, -0.05) is 23.4 Å². The Labute approximate surface area is 142 Å². The van der Waals surface area contributed by atoms with Crippen molar-refractivity contribution < 1.29 is 13.7 Å². The first-order valence-corrected chi connectivity index (χ1v) is 8.46. The lowest BCUT2D eigenvalue weighted by molar-refractivity contribution is -0.121. The molecule has 0 saturated carbocycles. The first kappa shape index (κ1) is 16.3. The van der Waals surface area contributed by atoms with Crippen molar-refractivity contribution in [1.82, 2.24) is 15.5 Å². The molecule has 3 rings (SSSR count). The van der Waals surface area contributed by atoms with E-state index in [4.69, 9.17) is 4.52 Å². The van der Waals surface area contributed by atoms with Crippen molar-refractivity contribution in [2.45, 2.75) is 19.3 Å². The third-order valence-corrected chi connectivity index (χ3v) is 4.27. The number of hydrogen-bond acceptors (Lipinski definition) is 5. The topological polar surface area (TPSA) is 68.0 Å². The fourth-order valence-electron chi connectivity index (χ4n) is 2.21. The van der Waals surface area contributed by atoms with Crippen molar-refractivity contribution in [1.29, 1.82) is 0 Å². The summed E-state index contributed by atoms with van der Waals surface area (Å²) in [6.07, 6.45) is 1.26. The van der Waals surface area contributed by atoms with E-state index in [0.29, 0.717) is 31.1 Å². The lowest BCUT2D eigenvalue weighted by Gasteiger charge is -2.04. The van der Waals surface area contributed by atoms with Crippen LogP contribution in [-0.4, -0.2) is 22.6 Å². The van der Waals surface area contributed by atoms with Crippen molar-refractivity contribution in [2.75, 3.05) is 6.54 Å². The normalized spacial score (nSPS) is 10.7. The molecular formula is C17H16FN3O2S. The molecule has 1 amide bonds. The highest BCUT2D eigenvalue weighted by molar-refractivity contribution is 7.13. The smallest absolute Gasteiger partial charge is 0.227 e. The highest BCUT2D eigenvalue weighted by Crippen LogP contribution is 2.21. The Morgan fingerprint density at radius 1 is 1.25 bits per heavy atom. The number of aryl methyl sites for hydroxylation is 1. The van der Waals surface area contributed by atoms with E-state index >= 15 is 0 Å². The Bertz CT molecular complexity index is 802. The van der Waals surface area contributed by atoms with Crippen LogP contribution in [0, 0.1) is 5.82 Å². The number of rotatable bonds is 7. The average molecular weight is 345 g/mol. The van der Waals surface area contributed by atoms with Gasteiger partial charge in [-0.2, -0.15) is 4.98 Å². The predicted octanol–water partition coefficient (Wildman–Crippen LogP) is 3.23. The highest BCUT2D eigenvalue weighted by Gasteiger charge is 2.11. The Kier molecular flexibility index (Phi) is 5.32. The third kappa shape index (κ3) is 4.48. The molecule has 1 aromatic carbocycles. The highest BCUT2D eigenvalue weighted by atomic mass is 32.1. The van der Waals surface area contributed by atoms with Gasteiger partial charge in [0, 0.05) is 19.4 Å². The van der Waals surface area contributed by atoms with Gasteiger partial charge in [0.2, 0.25) is 17.6 Å². The summed E-state index contributed by atoms with van der Waals surface area (Å²) in [6, 6.07) is 10.2. The van der Waals surface area contributed by atoms with Gasteiger partial charge in [-0.3, -0.25) is 4.79 Å². The van der Waals surface area contributed by atoms with Crippen molar-refractivity contribution in [2.24, 2.45) is 0 Å². The van der Waals surface area contributed by atoms with Gasteiger partial charge in [-0.15, -0.1) is 11.3 Å². The van der Waals surface area contributed by atoms with Crippen LogP contribution in [0.3, 0.4) is 0 Å². The molecule has 24 heavy (non-hydrogen) atoms. The molecule has 1 N–H and O–H groups in total. The van der Waals surface area contributed by atoms with E-state index in [0.717, 1.165) is 10.4 Å². The summed E-state index contributed by atoms with van der Waals surface area (Å²) in [7, 11) is 0. The molecule has 3 aromatic rings. The molecule has 0 saturated heterocycles. The van der Waals surface area contributed by atoms with Crippen molar-refractivity contribution >= 4 is 17.2 Å². The molecule has 0 spiro atoms. The molecule has 0 fully saturated rings. The van der Waals surface area contributed by atoms with Gasteiger partial charge >= 0.3 is 0 Å². The SMILES string of the molecule is O=C(CCc1nc(-c2cccs2)no1)NCCc1cccc(F)c1. The van der Waals surface area contributed by atoms with Crippen LogP contribution in [0.15, 0.2) is 46.3 Å². The zero-order valence-electron chi connectivity index (χ0n) is 12.9. The van der Waals surface area contributed by atoms with Crippen LogP contribution in [0.4, 0.5) is 4.39 Å². The van der Waals surface area contributed by atoms with Crippen LogP contribution >= 0.6 is 11.3 Å². The number of amides is 1. The van der Waals surface area contributed by atoms with Crippen LogP contribution < -0.4 is 5.32 Å². The number of carbonyl (C=O) groups excluding carboxylic acids is 1. The second-order valence-electron chi connectivity index (χ2n) is 5.22. The lowest BCUT2D eigenvalue weighted by atomic mass is 10.1. The fraction of sp³-hybridized carbons (Fsp3) is 0.235. The van der Waals surface area contributed by atoms with Crippen molar-refractivity contribution in [3.63, 3.8) is 0 Å². The predicted molar refractivity (Wildman–Crippen MR) is 89.0 cm³/mol. The van der Waals surface area contributed by atoms with Gasteiger partial charge in [0.15, 0.2) is 0 Å². The summed E-state index contributed by atoms with van der Waals surface area (Å²) < 4.78 is 18.2. The average Bonchev–Trinajstić information content (AvgIpc) is 3.24. The Balaban J connectivity index is 1.41. The van der Waals surface area contributed by atoms with E-state index in [9.17, 15) is 9.18 Å². The van der Waals surface area contributed by atoms with Crippen LogP contribution in [-0.2, 0) is 17.6 Å². The van der Waals surface area contributed by atoms with Gasteiger partial charge in [0.1, 0.15) is 5.82 Å². The Hall–Kier alpha value is -2.54. The van der Waals surface area contributed by atoms with E-state index in [1.54, 1.807) is 6.07 Å². The van der Waals surface area contributed by atoms with E-state index in [1.165, 1.54) is 23.5 Å². The second kappa shape index (κ2) is 7.83. The first-order chi connectivity index (χ1) is 11.7. The summed E-state index contributed by atoms with van der Waals surface area (Å²) >= 11 is 1.53. The summed E-state index contributed by atoms with van der Waals surface area (Å²) in [6.45, 7) is 0.465. The third-order valence-electron chi connectivity index (χ3n) is 3.40. The standard InChI is InChI=1S/C17H16FN3O2S/c18-13-4-1-3-12(11-13)8-9-19-15(22)6-7-16-20-17(21-23-16)14-5-2-10-24-14/h1-5,10-11H,6-9H2,(H,19,22). The number of carbonyl (C=O) groups is 1. The van der Waals surface area contributed by atoms with Crippen LogP contribution in [0.1, 0.15) is 17.9 Å². The van der Waals surface area contributed by atoms with E-state index in [2.05, 4.69) is 15.5 Å². The molecule has 2 aromatic heterocycles. The van der Waals surface area contributed by atoms with Crippen LogP contribution in [0.25, 0.3) is 10.7 Å². The molecule has 5 nitrogen and oxygen atoms in total. The molecule has 0 aliphatic heterocycles. The summed E-state index contributed by atoms with van der Waals surface area (Å²) in [4.78, 5) is 17.0. The van der Waals surface area contributed by atoms with Gasteiger partial charge in [-0.25, -0.2) is 4.39 Å². The minimum absolute atomic E-state index is 0.0951. The molecular weight excluding hydrogens is 329 g/mol. The minimum Gasteiger partial charge on any atom is -0.356 e.